The average molecular weight is 289 g/mol. The lowest BCUT2D eigenvalue weighted by Crippen LogP contribution is -2.32. The molecule has 6 heteroatoms. The van der Waals surface area contributed by atoms with Crippen molar-refractivity contribution < 1.29 is 18.4 Å². The van der Waals surface area contributed by atoms with Crippen LogP contribution >= 0.6 is 15.9 Å². The highest BCUT2D eigenvalue weighted by Gasteiger charge is 2.24. The number of hydrogen-bond donors (Lipinski definition) is 0. The van der Waals surface area contributed by atoms with Crippen LogP contribution in [-0.4, -0.2) is 20.5 Å². The van der Waals surface area contributed by atoms with E-state index in [0.717, 1.165) is 16.5 Å². The third-order valence-corrected chi connectivity index (χ3v) is 2.95. The molecule has 1 heterocycles. The van der Waals surface area contributed by atoms with Gasteiger partial charge < -0.3 is 14.0 Å². The highest BCUT2D eigenvalue weighted by molar-refractivity contribution is 9.10. The monoisotopic (exact) mass is 288 g/mol. The molecule has 1 fully saturated rings. The van der Waals surface area contributed by atoms with Gasteiger partial charge in [-0.1, -0.05) is 15.9 Å². The first kappa shape index (κ1) is 12.0. The Labute approximate surface area is 102 Å². The van der Waals surface area contributed by atoms with Crippen molar-refractivity contribution in [1.82, 2.24) is 0 Å². The van der Waals surface area contributed by atoms with Crippen LogP contribution in [0.3, 0.4) is 0 Å². The van der Waals surface area contributed by atoms with Crippen LogP contribution in [0.15, 0.2) is 22.7 Å². The summed E-state index contributed by atoms with van der Waals surface area (Å²) >= 11 is 3.33. The largest absolute Gasteiger partial charge is 0.639 e. The van der Waals surface area contributed by atoms with Crippen LogP contribution < -0.4 is 0 Å². The van der Waals surface area contributed by atoms with Crippen molar-refractivity contribution in [2.45, 2.75) is 13.0 Å². The number of rotatable bonds is 3. The summed E-state index contributed by atoms with van der Waals surface area (Å²) < 4.78 is 29.6. The molecule has 3 nitrogen and oxygen atoms in total. The van der Waals surface area contributed by atoms with Crippen molar-refractivity contribution >= 4 is 23.3 Å². The summed E-state index contributed by atoms with van der Waals surface area (Å²) in [7, 11) is -0.635. The molecule has 1 aliphatic heterocycles. The van der Waals surface area contributed by atoms with E-state index in [1.165, 1.54) is 12.1 Å². The van der Waals surface area contributed by atoms with E-state index in [1.54, 1.807) is 6.07 Å². The van der Waals surface area contributed by atoms with Crippen LogP contribution in [0, 0.1) is 5.82 Å². The quantitative estimate of drug-likeness (QED) is 0.800. The normalized spacial score (nSPS) is 16.5. The van der Waals surface area contributed by atoms with Crippen LogP contribution in [0.2, 0.25) is 0 Å². The van der Waals surface area contributed by atoms with Gasteiger partial charge in [-0.25, -0.2) is 4.39 Å². The molecule has 0 amide bonds. The molecule has 1 aromatic rings. The van der Waals surface area contributed by atoms with Gasteiger partial charge in [0.1, 0.15) is 5.82 Å². The Morgan fingerprint density at radius 1 is 1.38 bits per heavy atom. The zero-order valence-electron chi connectivity index (χ0n) is 8.62. The Bertz CT molecular complexity index is 358. The zero-order chi connectivity index (χ0) is 11.4. The third kappa shape index (κ3) is 3.28. The van der Waals surface area contributed by atoms with Crippen molar-refractivity contribution in [3.63, 3.8) is 0 Å². The van der Waals surface area contributed by atoms with Gasteiger partial charge in [-0.15, -0.1) is 0 Å². The molecule has 1 saturated heterocycles. The zero-order valence-corrected chi connectivity index (χ0v) is 10.2. The second-order valence-electron chi connectivity index (χ2n) is 3.43. The first-order valence-electron chi connectivity index (χ1n) is 5.04. The summed E-state index contributed by atoms with van der Waals surface area (Å²) in [6.07, 6.45) is 0.878. The van der Waals surface area contributed by atoms with E-state index in [-0.39, 0.29) is 12.4 Å². The lowest BCUT2D eigenvalue weighted by Gasteiger charge is -2.19. The molecule has 0 aliphatic carbocycles. The fourth-order valence-corrected chi connectivity index (χ4v) is 1.74. The predicted molar refractivity (Wildman–Crippen MR) is 61.2 cm³/mol. The van der Waals surface area contributed by atoms with Crippen molar-refractivity contribution in [1.29, 1.82) is 0 Å². The van der Waals surface area contributed by atoms with E-state index < -0.39 is 7.32 Å². The minimum absolute atomic E-state index is 0.253. The maximum absolute atomic E-state index is 13.0. The topological polar surface area (TPSA) is 27.7 Å². The van der Waals surface area contributed by atoms with E-state index in [2.05, 4.69) is 15.9 Å². The second kappa shape index (κ2) is 5.77. The minimum Gasteiger partial charge on any atom is -0.386 e. The summed E-state index contributed by atoms with van der Waals surface area (Å²) in [4.78, 5) is 0. The van der Waals surface area contributed by atoms with Gasteiger partial charge in [-0.2, -0.15) is 0 Å². The molecule has 86 valence electrons. The molecule has 2 rings (SSSR count). The van der Waals surface area contributed by atoms with Crippen LogP contribution in [0.5, 0.6) is 0 Å². The maximum Gasteiger partial charge on any atom is 0.639 e. The number of benzene rings is 1. The first-order chi connectivity index (χ1) is 7.75. The smallest absolute Gasteiger partial charge is 0.386 e. The number of halogens is 2. The maximum atomic E-state index is 13.0. The van der Waals surface area contributed by atoms with Crippen LogP contribution in [0.4, 0.5) is 4.39 Å². The highest BCUT2D eigenvalue weighted by atomic mass is 79.9. The molecule has 0 bridgehead atoms. The Morgan fingerprint density at radius 3 is 2.88 bits per heavy atom. The Morgan fingerprint density at radius 2 is 2.12 bits per heavy atom. The average Bonchev–Trinajstić information content (AvgIpc) is 2.32. The predicted octanol–water partition coefficient (Wildman–Crippen LogP) is 2.53. The van der Waals surface area contributed by atoms with E-state index in [4.69, 9.17) is 14.0 Å². The molecule has 0 saturated carbocycles. The Balaban J connectivity index is 1.90. The van der Waals surface area contributed by atoms with Crippen LogP contribution in [-0.2, 0) is 20.6 Å². The van der Waals surface area contributed by atoms with Gasteiger partial charge in [-0.3, -0.25) is 0 Å². The molecule has 0 spiro atoms. The molecule has 0 aromatic heterocycles. The van der Waals surface area contributed by atoms with Crippen molar-refractivity contribution in [3.8, 4) is 0 Å². The second-order valence-corrected chi connectivity index (χ2v) is 4.28. The highest BCUT2D eigenvalue weighted by Crippen LogP contribution is 2.19. The van der Waals surface area contributed by atoms with Gasteiger partial charge in [-0.05, 0) is 30.2 Å². The van der Waals surface area contributed by atoms with Gasteiger partial charge in [0.15, 0.2) is 0 Å². The van der Waals surface area contributed by atoms with Gasteiger partial charge in [0.05, 0.1) is 6.61 Å². The molecule has 16 heavy (non-hydrogen) atoms. The number of hydrogen-bond acceptors (Lipinski definition) is 3. The van der Waals surface area contributed by atoms with Gasteiger partial charge in [0, 0.05) is 17.7 Å². The van der Waals surface area contributed by atoms with Crippen molar-refractivity contribution in [2.75, 3.05) is 13.2 Å². The molecule has 0 unspecified atom stereocenters. The van der Waals surface area contributed by atoms with Gasteiger partial charge in [0.25, 0.3) is 0 Å². The van der Waals surface area contributed by atoms with Crippen LogP contribution in [0.25, 0.3) is 0 Å². The molecular weight excluding hydrogens is 278 g/mol. The minimum atomic E-state index is -0.635. The molecule has 1 aliphatic rings. The lowest BCUT2D eigenvalue weighted by molar-refractivity contribution is 0.0486. The van der Waals surface area contributed by atoms with Gasteiger partial charge in [0.2, 0.25) is 0 Å². The van der Waals surface area contributed by atoms with E-state index >= 15 is 0 Å². The molecule has 1 aromatic carbocycles. The van der Waals surface area contributed by atoms with Gasteiger partial charge >= 0.3 is 7.32 Å². The fraction of sp³-hybridized carbons (Fsp3) is 0.400. The summed E-state index contributed by atoms with van der Waals surface area (Å²) in [5.74, 6) is -0.285. The molecular formula is C10H11BBrFO3. The van der Waals surface area contributed by atoms with E-state index in [0.29, 0.717) is 13.2 Å². The summed E-state index contributed by atoms with van der Waals surface area (Å²) in [5, 5.41) is 0. The summed E-state index contributed by atoms with van der Waals surface area (Å²) in [6.45, 7) is 1.52. The molecule has 0 atom stereocenters. The Kier molecular flexibility index (Phi) is 4.34. The Hall–Kier alpha value is -0.425. The lowest BCUT2D eigenvalue weighted by atomic mass is 10.1. The molecule has 0 N–H and O–H groups in total. The van der Waals surface area contributed by atoms with E-state index in [1.807, 2.05) is 0 Å². The van der Waals surface area contributed by atoms with Crippen LogP contribution in [0.1, 0.15) is 12.0 Å². The molecule has 0 radical (unpaired) electrons. The summed E-state index contributed by atoms with van der Waals surface area (Å²) in [5.41, 5.74) is 0.734. The van der Waals surface area contributed by atoms with Crippen molar-refractivity contribution in [2.24, 2.45) is 0 Å². The summed E-state index contributed by atoms with van der Waals surface area (Å²) in [6, 6.07) is 4.46. The SMILES string of the molecule is Fc1ccc(Br)c(COB2OCCCO2)c1. The fourth-order valence-electron chi connectivity index (χ4n) is 1.37. The first-order valence-corrected chi connectivity index (χ1v) is 5.84. The third-order valence-electron chi connectivity index (χ3n) is 2.18. The standard InChI is InChI=1S/C10H11BBrFO3/c12-10-3-2-9(13)6-8(10)7-16-11-14-4-1-5-15-11/h2-3,6H,1,4-5,7H2. The van der Waals surface area contributed by atoms with E-state index in [9.17, 15) is 4.39 Å². The van der Waals surface area contributed by atoms with Crippen molar-refractivity contribution in [3.05, 3.63) is 34.1 Å².